The summed E-state index contributed by atoms with van der Waals surface area (Å²) < 4.78 is 1.89. The smallest absolute Gasteiger partial charge is 0.252 e. The van der Waals surface area contributed by atoms with Crippen molar-refractivity contribution in [1.82, 2.24) is 5.32 Å². The van der Waals surface area contributed by atoms with Crippen molar-refractivity contribution in [3.05, 3.63) is 31.8 Å². The van der Waals surface area contributed by atoms with E-state index in [1.165, 1.54) is 19.3 Å². The summed E-state index contributed by atoms with van der Waals surface area (Å²) in [5.41, 5.74) is 0.779. The summed E-state index contributed by atoms with van der Waals surface area (Å²) >= 11 is 11.8. The van der Waals surface area contributed by atoms with Crippen LogP contribution in [0.4, 0.5) is 0 Å². The van der Waals surface area contributed by atoms with E-state index in [9.17, 15) is 4.79 Å². The molecule has 0 atom stereocenters. The van der Waals surface area contributed by atoms with Crippen LogP contribution in [0.5, 0.6) is 0 Å². The SMILES string of the molecule is O=C(NCC1(CCl)CCCCC1)c1cc(I)ccc1Br. The van der Waals surface area contributed by atoms with Crippen LogP contribution in [-0.4, -0.2) is 18.3 Å². The Kier molecular flexibility index (Phi) is 6.17. The standard InChI is InChI=1S/C15H18BrClINO/c16-13-5-4-11(18)8-12(13)14(20)19-10-15(9-17)6-2-1-3-7-15/h4-5,8H,1-3,6-7,9-10H2,(H,19,20). The largest absolute Gasteiger partial charge is 0.351 e. The Morgan fingerprint density at radius 1 is 1.35 bits per heavy atom. The second-order valence-corrected chi connectivity index (χ2v) is 7.87. The maximum atomic E-state index is 12.3. The van der Waals surface area contributed by atoms with Crippen molar-refractivity contribution >= 4 is 56.0 Å². The fourth-order valence-corrected chi connectivity index (χ4v) is 3.97. The van der Waals surface area contributed by atoms with Gasteiger partial charge in [-0.25, -0.2) is 0 Å². The fourth-order valence-electron chi connectivity index (χ4n) is 2.69. The summed E-state index contributed by atoms with van der Waals surface area (Å²) in [5.74, 6) is 0.603. The van der Waals surface area contributed by atoms with Gasteiger partial charge in [0.2, 0.25) is 0 Å². The van der Waals surface area contributed by atoms with Gasteiger partial charge in [0.15, 0.2) is 0 Å². The van der Waals surface area contributed by atoms with Crippen LogP contribution < -0.4 is 5.32 Å². The molecule has 0 saturated heterocycles. The van der Waals surface area contributed by atoms with E-state index in [0.717, 1.165) is 20.9 Å². The highest BCUT2D eigenvalue weighted by Crippen LogP contribution is 2.36. The lowest BCUT2D eigenvalue weighted by molar-refractivity contribution is 0.0920. The summed E-state index contributed by atoms with van der Waals surface area (Å²) in [6.45, 7) is 0.674. The Balaban J connectivity index is 2.02. The highest BCUT2D eigenvalue weighted by molar-refractivity contribution is 14.1. The molecule has 110 valence electrons. The molecule has 0 unspecified atom stereocenters. The third-order valence-electron chi connectivity index (χ3n) is 3.99. The van der Waals surface area contributed by atoms with Gasteiger partial charge < -0.3 is 5.32 Å². The van der Waals surface area contributed by atoms with Crippen molar-refractivity contribution in [3.63, 3.8) is 0 Å². The fraction of sp³-hybridized carbons (Fsp3) is 0.533. The number of benzene rings is 1. The minimum atomic E-state index is -0.0227. The van der Waals surface area contributed by atoms with E-state index < -0.39 is 0 Å². The molecule has 2 rings (SSSR count). The van der Waals surface area contributed by atoms with E-state index in [1.807, 2.05) is 18.2 Å². The van der Waals surface area contributed by atoms with E-state index in [0.29, 0.717) is 18.0 Å². The molecule has 2 nitrogen and oxygen atoms in total. The summed E-state index contributed by atoms with van der Waals surface area (Å²) in [5, 5.41) is 3.07. The van der Waals surface area contributed by atoms with Crippen LogP contribution in [0.15, 0.2) is 22.7 Å². The monoisotopic (exact) mass is 469 g/mol. The summed E-state index contributed by atoms with van der Waals surface area (Å²) in [7, 11) is 0. The third-order valence-corrected chi connectivity index (χ3v) is 5.92. The van der Waals surface area contributed by atoms with Crippen LogP contribution >= 0.6 is 50.1 Å². The molecule has 1 saturated carbocycles. The van der Waals surface area contributed by atoms with Crippen molar-refractivity contribution in [2.24, 2.45) is 5.41 Å². The topological polar surface area (TPSA) is 29.1 Å². The first-order valence-corrected chi connectivity index (χ1v) is 9.26. The number of halogens is 3. The Labute approximate surface area is 147 Å². The van der Waals surface area contributed by atoms with Crippen molar-refractivity contribution in [2.45, 2.75) is 32.1 Å². The van der Waals surface area contributed by atoms with Gasteiger partial charge in [0, 0.05) is 25.9 Å². The lowest BCUT2D eigenvalue weighted by Gasteiger charge is -2.35. The molecule has 1 aliphatic carbocycles. The molecule has 0 aliphatic heterocycles. The molecule has 1 aromatic rings. The number of hydrogen-bond donors (Lipinski definition) is 1. The number of carbonyl (C=O) groups is 1. The summed E-state index contributed by atoms with van der Waals surface area (Å²) in [4.78, 5) is 12.3. The zero-order chi connectivity index (χ0) is 14.6. The number of amides is 1. The van der Waals surface area contributed by atoms with Crippen LogP contribution in [0.25, 0.3) is 0 Å². The molecule has 1 aromatic carbocycles. The Morgan fingerprint density at radius 2 is 2.05 bits per heavy atom. The van der Waals surface area contributed by atoms with E-state index in [2.05, 4.69) is 43.8 Å². The maximum absolute atomic E-state index is 12.3. The molecule has 0 bridgehead atoms. The van der Waals surface area contributed by atoms with Gasteiger partial charge in [-0.05, 0) is 69.6 Å². The van der Waals surface area contributed by atoms with E-state index >= 15 is 0 Å². The summed E-state index contributed by atoms with van der Waals surface area (Å²) in [6.07, 6.45) is 5.95. The van der Waals surface area contributed by atoms with Crippen molar-refractivity contribution in [3.8, 4) is 0 Å². The van der Waals surface area contributed by atoms with Crippen LogP contribution in [-0.2, 0) is 0 Å². The molecule has 1 amide bonds. The average Bonchev–Trinajstić information content (AvgIpc) is 2.48. The minimum Gasteiger partial charge on any atom is -0.351 e. The van der Waals surface area contributed by atoms with Gasteiger partial charge in [-0.2, -0.15) is 0 Å². The Hall–Kier alpha value is 0.190. The number of alkyl halides is 1. The first kappa shape index (κ1) is 16.6. The molecule has 0 heterocycles. The van der Waals surface area contributed by atoms with Gasteiger partial charge in [0.05, 0.1) is 5.56 Å². The zero-order valence-electron chi connectivity index (χ0n) is 11.2. The molecule has 1 fully saturated rings. The van der Waals surface area contributed by atoms with Gasteiger partial charge in [0.1, 0.15) is 0 Å². The first-order chi connectivity index (χ1) is 9.56. The first-order valence-electron chi connectivity index (χ1n) is 6.86. The molecule has 5 heteroatoms. The van der Waals surface area contributed by atoms with Crippen molar-refractivity contribution in [1.29, 1.82) is 0 Å². The highest BCUT2D eigenvalue weighted by atomic mass is 127. The molecule has 20 heavy (non-hydrogen) atoms. The predicted molar refractivity (Wildman–Crippen MR) is 95.4 cm³/mol. The third kappa shape index (κ3) is 4.10. The average molecular weight is 471 g/mol. The van der Waals surface area contributed by atoms with Gasteiger partial charge in [-0.15, -0.1) is 11.6 Å². The number of hydrogen-bond acceptors (Lipinski definition) is 1. The minimum absolute atomic E-state index is 0.0227. The Bertz CT molecular complexity index is 489. The normalized spacial score (nSPS) is 17.8. The van der Waals surface area contributed by atoms with Crippen LogP contribution in [0, 0.1) is 8.99 Å². The van der Waals surface area contributed by atoms with Crippen LogP contribution in [0.3, 0.4) is 0 Å². The zero-order valence-corrected chi connectivity index (χ0v) is 15.7. The van der Waals surface area contributed by atoms with Crippen LogP contribution in [0.1, 0.15) is 42.5 Å². The van der Waals surface area contributed by atoms with Gasteiger partial charge in [0.25, 0.3) is 5.91 Å². The van der Waals surface area contributed by atoms with Gasteiger partial charge >= 0.3 is 0 Å². The van der Waals surface area contributed by atoms with Gasteiger partial charge in [-0.1, -0.05) is 19.3 Å². The highest BCUT2D eigenvalue weighted by Gasteiger charge is 2.31. The Morgan fingerprint density at radius 3 is 2.70 bits per heavy atom. The van der Waals surface area contributed by atoms with E-state index in [-0.39, 0.29) is 11.3 Å². The van der Waals surface area contributed by atoms with E-state index in [4.69, 9.17) is 11.6 Å². The lowest BCUT2D eigenvalue weighted by atomic mass is 9.75. The van der Waals surface area contributed by atoms with Gasteiger partial charge in [-0.3, -0.25) is 4.79 Å². The van der Waals surface area contributed by atoms with Crippen molar-refractivity contribution < 1.29 is 4.79 Å². The van der Waals surface area contributed by atoms with Crippen molar-refractivity contribution in [2.75, 3.05) is 12.4 Å². The second-order valence-electron chi connectivity index (χ2n) is 5.50. The number of rotatable bonds is 4. The molecule has 0 aromatic heterocycles. The maximum Gasteiger partial charge on any atom is 0.252 e. The molecule has 1 N–H and O–H groups in total. The number of nitrogens with one attached hydrogen (secondary N) is 1. The van der Waals surface area contributed by atoms with Crippen LogP contribution in [0.2, 0.25) is 0 Å². The lowest BCUT2D eigenvalue weighted by Crippen LogP contribution is -2.40. The molecule has 0 spiro atoms. The molecular formula is C15H18BrClINO. The quantitative estimate of drug-likeness (QED) is 0.489. The molecule has 1 aliphatic rings. The number of carbonyl (C=O) groups excluding carboxylic acids is 1. The second kappa shape index (κ2) is 7.45. The molecule has 0 radical (unpaired) electrons. The summed E-state index contributed by atoms with van der Waals surface area (Å²) in [6, 6.07) is 5.78. The molecular weight excluding hydrogens is 452 g/mol. The predicted octanol–water partition coefficient (Wildman–Crippen LogP) is 4.97. The van der Waals surface area contributed by atoms with E-state index in [1.54, 1.807) is 0 Å².